The van der Waals surface area contributed by atoms with Gasteiger partial charge in [0.15, 0.2) is 0 Å². The van der Waals surface area contributed by atoms with Gasteiger partial charge in [-0.2, -0.15) is 13.2 Å². The Balaban J connectivity index is 1.42. The third-order valence-corrected chi connectivity index (χ3v) is 4.62. The van der Waals surface area contributed by atoms with Gasteiger partial charge in [-0.25, -0.2) is 9.59 Å². The number of amides is 4. The van der Waals surface area contributed by atoms with Crippen LogP contribution in [0.5, 0.6) is 0 Å². The maximum Gasteiger partial charge on any atom is 0.416 e. The molecule has 166 valence electrons. The summed E-state index contributed by atoms with van der Waals surface area (Å²) in [5.74, 6) is 0. The number of alkyl halides is 3. The smallest absolute Gasteiger partial charge is 0.376 e. The van der Waals surface area contributed by atoms with Crippen molar-refractivity contribution >= 4 is 23.4 Å². The third-order valence-electron chi connectivity index (χ3n) is 4.62. The van der Waals surface area contributed by atoms with Crippen LogP contribution in [-0.2, 0) is 17.5 Å². The van der Waals surface area contributed by atoms with Crippen molar-refractivity contribution in [2.24, 2.45) is 0 Å². The second-order valence-corrected chi connectivity index (χ2v) is 7.05. The first-order chi connectivity index (χ1) is 14.8. The lowest BCUT2D eigenvalue weighted by Crippen LogP contribution is -2.35. The van der Waals surface area contributed by atoms with E-state index >= 15 is 0 Å². The molecular formula is C21H23F3N4O3. The van der Waals surface area contributed by atoms with Crippen molar-refractivity contribution in [2.45, 2.75) is 31.7 Å². The molecule has 4 amide bonds. The van der Waals surface area contributed by atoms with Gasteiger partial charge >= 0.3 is 18.2 Å². The number of rotatable bonds is 6. The highest BCUT2D eigenvalue weighted by Crippen LogP contribution is 2.29. The van der Waals surface area contributed by atoms with Crippen molar-refractivity contribution in [3.05, 3.63) is 59.7 Å². The molecule has 1 saturated heterocycles. The summed E-state index contributed by atoms with van der Waals surface area (Å²) in [6.07, 6.45) is -2.46. The number of halogens is 3. The van der Waals surface area contributed by atoms with Gasteiger partial charge in [-0.05, 0) is 54.8 Å². The molecule has 1 heterocycles. The average molecular weight is 436 g/mol. The maximum atomic E-state index is 12.7. The highest BCUT2D eigenvalue weighted by molar-refractivity contribution is 5.91. The number of hydrogen-bond acceptors (Lipinski definition) is 3. The van der Waals surface area contributed by atoms with Crippen LogP contribution in [-0.4, -0.2) is 31.3 Å². The summed E-state index contributed by atoms with van der Waals surface area (Å²) in [4.78, 5) is 23.9. The van der Waals surface area contributed by atoms with E-state index in [0.717, 1.165) is 31.6 Å². The van der Waals surface area contributed by atoms with Gasteiger partial charge in [-0.1, -0.05) is 12.1 Å². The van der Waals surface area contributed by atoms with Gasteiger partial charge in [-0.3, -0.25) is 0 Å². The van der Waals surface area contributed by atoms with E-state index < -0.39 is 17.8 Å². The molecule has 0 bridgehead atoms. The Morgan fingerprint density at radius 2 is 1.61 bits per heavy atom. The van der Waals surface area contributed by atoms with Crippen LogP contribution in [0, 0.1) is 0 Å². The standard InChI is InChI=1S/C21H23F3N4O3/c22-21(23,24)15-4-1-3-14(11-15)12-25-19(29)27-16-6-8-17(9-7-16)28-20(30)26-13-18-5-2-10-31-18/h1,3-4,6-9,11,18H,2,5,10,12-13H2,(H2,25,27,29)(H2,26,28,30). The van der Waals surface area contributed by atoms with Crippen molar-refractivity contribution in [3.8, 4) is 0 Å². The fourth-order valence-electron chi connectivity index (χ4n) is 3.04. The molecule has 31 heavy (non-hydrogen) atoms. The molecular weight excluding hydrogens is 413 g/mol. The van der Waals surface area contributed by atoms with Crippen LogP contribution in [0.3, 0.4) is 0 Å². The van der Waals surface area contributed by atoms with E-state index in [1.165, 1.54) is 12.1 Å². The zero-order valence-electron chi connectivity index (χ0n) is 16.6. The van der Waals surface area contributed by atoms with Crippen molar-refractivity contribution in [2.75, 3.05) is 23.8 Å². The summed E-state index contributed by atoms with van der Waals surface area (Å²) in [6, 6.07) is 10.3. The first-order valence-corrected chi connectivity index (χ1v) is 9.77. The van der Waals surface area contributed by atoms with Crippen molar-refractivity contribution in [3.63, 3.8) is 0 Å². The van der Waals surface area contributed by atoms with Gasteiger partial charge in [0.1, 0.15) is 0 Å². The van der Waals surface area contributed by atoms with E-state index in [4.69, 9.17) is 4.74 Å². The first-order valence-electron chi connectivity index (χ1n) is 9.77. The van der Waals surface area contributed by atoms with Crippen LogP contribution in [0.4, 0.5) is 34.1 Å². The molecule has 3 rings (SSSR count). The van der Waals surface area contributed by atoms with Crippen molar-refractivity contribution in [1.82, 2.24) is 10.6 Å². The summed E-state index contributed by atoms with van der Waals surface area (Å²) in [7, 11) is 0. The molecule has 0 spiro atoms. The Morgan fingerprint density at radius 1 is 0.968 bits per heavy atom. The van der Waals surface area contributed by atoms with Crippen molar-refractivity contribution < 1.29 is 27.5 Å². The lowest BCUT2D eigenvalue weighted by molar-refractivity contribution is -0.137. The summed E-state index contributed by atoms with van der Waals surface area (Å²) in [5.41, 5.74) is 0.570. The van der Waals surface area contributed by atoms with Crippen molar-refractivity contribution in [1.29, 1.82) is 0 Å². The van der Waals surface area contributed by atoms with Gasteiger partial charge < -0.3 is 26.0 Å². The molecule has 4 N–H and O–H groups in total. The zero-order valence-corrected chi connectivity index (χ0v) is 16.6. The molecule has 0 aliphatic carbocycles. The van der Waals surface area contributed by atoms with E-state index in [1.54, 1.807) is 24.3 Å². The quantitative estimate of drug-likeness (QED) is 0.543. The molecule has 1 unspecified atom stereocenters. The number of carbonyl (C=O) groups is 2. The monoisotopic (exact) mass is 436 g/mol. The third kappa shape index (κ3) is 7.18. The normalized spacial score (nSPS) is 15.9. The maximum absolute atomic E-state index is 12.7. The number of nitrogens with one attached hydrogen (secondary N) is 4. The Labute approximate surface area is 177 Å². The number of hydrogen-bond donors (Lipinski definition) is 4. The fraction of sp³-hybridized carbons (Fsp3) is 0.333. The highest BCUT2D eigenvalue weighted by Gasteiger charge is 2.30. The molecule has 2 aromatic carbocycles. The van der Waals surface area contributed by atoms with Gasteiger partial charge in [-0.15, -0.1) is 0 Å². The van der Waals surface area contributed by atoms with Crippen LogP contribution in [0.2, 0.25) is 0 Å². The first kappa shape index (κ1) is 22.4. The molecule has 0 saturated carbocycles. The van der Waals surface area contributed by atoms with Crippen LogP contribution in [0.25, 0.3) is 0 Å². The Bertz CT molecular complexity index is 897. The average Bonchev–Trinajstić information content (AvgIpc) is 3.26. The lowest BCUT2D eigenvalue weighted by Gasteiger charge is -2.12. The van der Waals surface area contributed by atoms with E-state index in [0.29, 0.717) is 23.5 Å². The molecule has 10 heteroatoms. The number of anilines is 2. The zero-order chi connectivity index (χ0) is 22.3. The van der Waals surface area contributed by atoms with Crippen LogP contribution < -0.4 is 21.3 Å². The minimum atomic E-state index is -4.44. The summed E-state index contributed by atoms with van der Waals surface area (Å²) < 4.78 is 43.7. The van der Waals surface area contributed by atoms with E-state index in [9.17, 15) is 22.8 Å². The van der Waals surface area contributed by atoms with Gasteiger partial charge in [0.05, 0.1) is 11.7 Å². The molecule has 1 fully saturated rings. The Hall–Kier alpha value is -3.27. The second kappa shape index (κ2) is 10.2. The number of ether oxygens (including phenoxy) is 1. The van der Waals surface area contributed by atoms with E-state index in [2.05, 4.69) is 21.3 Å². The largest absolute Gasteiger partial charge is 0.416 e. The van der Waals surface area contributed by atoms with E-state index in [1.807, 2.05) is 0 Å². The predicted molar refractivity (Wildman–Crippen MR) is 110 cm³/mol. The minimum Gasteiger partial charge on any atom is -0.376 e. The summed E-state index contributed by atoms with van der Waals surface area (Å²) in [5, 5.41) is 10.5. The molecule has 0 radical (unpaired) electrons. The fourth-order valence-corrected chi connectivity index (χ4v) is 3.04. The lowest BCUT2D eigenvalue weighted by atomic mass is 10.1. The van der Waals surface area contributed by atoms with Gasteiger partial charge in [0, 0.05) is 31.1 Å². The minimum absolute atomic E-state index is 0.0479. The molecule has 1 aliphatic heterocycles. The van der Waals surface area contributed by atoms with Crippen LogP contribution in [0.1, 0.15) is 24.0 Å². The second-order valence-electron chi connectivity index (χ2n) is 7.05. The highest BCUT2D eigenvalue weighted by atomic mass is 19.4. The number of urea groups is 2. The SMILES string of the molecule is O=C(NCc1cccc(C(F)(F)F)c1)Nc1ccc(NC(=O)NCC2CCCO2)cc1. The van der Waals surface area contributed by atoms with Gasteiger partial charge in [0.2, 0.25) is 0 Å². The molecule has 1 atom stereocenters. The summed E-state index contributed by atoms with van der Waals surface area (Å²) >= 11 is 0. The topological polar surface area (TPSA) is 91.5 Å². The number of benzene rings is 2. The molecule has 7 nitrogen and oxygen atoms in total. The summed E-state index contributed by atoms with van der Waals surface area (Å²) in [6.45, 7) is 1.10. The van der Waals surface area contributed by atoms with Crippen LogP contribution >= 0.6 is 0 Å². The van der Waals surface area contributed by atoms with Crippen LogP contribution in [0.15, 0.2) is 48.5 Å². The molecule has 0 aromatic heterocycles. The Kier molecular flexibility index (Phi) is 7.35. The molecule has 2 aromatic rings. The number of carbonyl (C=O) groups excluding carboxylic acids is 2. The van der Waals surface area contributed by atoms with E-state index in [-0.39, 0.29) is 18.7 Å². The Morgan fingerprint density at radius 3 is 2.19 bits per heavy atom. The molecule has 1 aliphatic rings. The predicted octanol–water partition coefficient (Wildman–Crippen LogP) is 4.33. The van der Waals surface area contributed by atoms with Gasteiger partial charge in [0.25, 0.3) is 0 Å².